The second kappa shape index (κ2) is 10.2. The zero-order valence-corrected chi connectivity index (χ0v) is 19.1. The molecular formula is C25H25NO3S2. The molecule has 4 rings (SSSR count). The number of hydrogen-bond donors (Lipinski definition) is 1. The van der Waals surface area contributed by atoms with Gasteiger partial charge in [0.05, 0.1) is 12.7 Å². The van der Waals surface area contributed by atoms with Crippen molar-refractivity contribution in [3.05, 3.63) is 82.2 Å². The lowest BCUT2D eigenvalue weighted by Gasteiger charge is -2.17. The highest BCUT2D eigenvalue weighted by Crippen LogP contribution is 2.40. The van der Waals surface area contributed by atoms with Crippen LogP contribution in [-0.4, -0.2) is 19.0 Å². The number of anilines is 1. The van der Waals surface area contributed by atoms with E-state index in [1.165, 1.54) is 35.1 Å². The summed E-state index contributed by atoms with van der Waals surface area (Å²) >= 11 is 3.03. The highest BCUT2D eigenvalue weighted by atomic mass is 32.2. The maximum absolute atomic E-state index is 13.5. The van der Waals surface area contributed by atoms with E-state index in [4.69, 9.17) is 4.74 Å². The van der Waals surface area contributed by atoms with Gasteiger partial charge in [0.2, 0.25) is 5.91 Å². The predicted octanol–water partition coefficient (Wildman–Crippen LogP) is 6.28. The Morgan fingerprint density at radius 2 is 1.65 bits per heavy atom. The Hall–Kier alpha value is -2.57. The van der Waals surface area contributed by atoms with E-state index in [1.54, 1.807) is 0 Å². The number of amides is 1. The molecule has 0 aliphatic heterocycles. The van der Waals surface area contributed by atoms with Crippen molar-refractivity contribution < 1.29 is 14.3 Å². The van der Waals surface area contributed by atoms with Gasteiger partial charge in [-0.05, 0) is 48.9 Å². The number of ether oxygens (including phenoxy) is 1. The van der Waals surface area contributed by atoms with Crippen LogP contribution in [0.4, 0.5) is 5.00 Å². The number of carbonyl (C=O) groups excluding carboxylic acids is 2. The average Bonchev–Trinajstić information content (AvgIpc) is 2.98. The quantitative estimate of drug-likeness (QED) is 0.272. The number of aryl methyl sites for hydroxylation is 1. The molecule has 160 valence electrons. The smallest absolute Gasteiger partial charge is 0.341 e. The van der Waals surface area contributed by atoms with Gasteiger partial charge in [0, 0.05) is 9.77 Å². The molecule has 0 saturated heterocycles. The Bertz CT molecular complexity index is 1050. The van der Waals surface area contributed by atoms with Gasteiger partial charge in [-0.2, -0.15) is 0 Å². The Kier molecular flexibility index (Phi) is 7.10. The number of methoxy groups -OCH3 is 1. The number of nitrogens with one attached hydrogen (secondary N) is 1. The van der Waals surface area contributed by atoms with Crippen LogP contribution in [0.1, 0.15) is 50.9 Å². The predicted molar refractivity (Wildman–Crippen MR) is 127 cm³/mol. The molecule has 6 heteroatoms. The third-order valence-electron chi connectivity index (χ3n) is 5.39. The number of thiophene rings is 1. The van der Waals surface area contributed by atoms with Gasteiger partial charge in [-0.3, -0.25) is 4.79 Å². The minimum atomic E-state index is -0.434. The highest BCUT2D eigenvalue weighted by molar-refractivity contribution is 8.00. The molecule has 31 heavy (non-hydrogen) atoms. The fraction of sp³-hybridized carbons (Fsp3) is 0.280. The molecule has 1 aliphatic rings. The third kappa shape index (κ3) is 5.02. The van der Waals surface area contributed by atoms with Crippen LogP contribution in [0.25, 0.3) is 0 Å². The van der Waals surface area contributed by atoms with Gasteiger partial charge in [0.15, 0.2) is 0 Å². The summed E-state index contributed by atoms with van der Waals surface area (Å²) in [4.78, 5) is 28.3. The van der Waals surface area contributed by atoms with E-state index in [2.05, 4.69) is 5.32 Å². The number of carbonyl (C=O) groups is 2. The summed E-state index contributed by atoms with van der Waals surface area (Å²) in [6.45, 7) is 0. The Morgan fingerprint density at radius 3 is 2.35 bits per heavy atom. The summed E-state index contributed by atoms with van der Waals surface area (Å²) in [5.74, 6) is -0.511. The zero-order valence-electron chi connectivity index (χ0n) is 17.4. The first-order valence-corrected chi connectivity index (χ1v) is 12.2. The molecule has 0 bridgehead atoms. The molecule has 0 unspecified atom stereocenters. The van der Waals surface area contributed by atoms with E-state index in [0.29, 0.717) is 10.6 Å². The van der Waals surface area contributed by atoms with Gasteiger partial charge in [-0.1, -0.05) is 55.0 Å². The lowest BCUT2D eigenvalue weighted by Crippen LogP contribution is -2.20. The van der Waals surface area contributed by atoms with Crippen molar-refractivity contribution in [3.8, 4) is 0 Å². The Morgan fingerprint density at radius 1 is 0.968 bits per heavy atom. The van der Waals surface area contributed by atoms with Crippen LogP contribution in [0.15, 0.2) is 65.6 Å². The maximum Gasteiger partial charge on any atom is 0.341 e. The maximum atomic E-state index is 13.5. The fourth-order valence-corrected chi connectivity index (χ4v) is 6.19. The molecule has 1 heterocycles. The molecular weight excluding hydrogens is 426 g/mol. The highest BCUT2D eigenvalue weighted by Gasteiger charge is 2.29. The minimum Gasteiger partial charge on any atom is -0.465 e. The van der Waals surface area contributed by atoms with Crippen molar-refractivity contribution in [2.45, 2.75) is 42.2 Å². The largest absolute Gasteiger partial charge is 0.465 e. The van der Waals surface area contributed by atoms with E-state index in [1.807, 2.05) is 60.7 Å². The molecule has 0 radical (unpaired) electrons. The van der Waals surface area contributed by atoms with Crippen LogP contribution in [-0.2, 0) is 22.4 Å². The molecule has 2 aromatic carbocycles. The van der Waals surface area contributed by atoms with Crippen molar-refractivity contribution in [2.75, 3.05) is 12.4 Å². The second-order valence-electron chi connectivity index (χ2n) is 7.47. The molecule has 0 saturated carbocycles. The fourth-order valence-electron chi connectivity index (χ4n) is 3.86. The van der Waals surface area contributed by atoms with Crippen LogP contribution in [0.5, 0.6) is 0 Å². The second-order valence-corrected chi connectivity index (χ2v) is 9.75. The summed E-state index contributed by atoms with van der Waals surface area (Å²) in [6, 6.07) is 19.6. The summed E-state index contributed by atoms with van der Waals surface area (Å²) < 4.78 is 5.08. The summed E-state index contributed by atoms with van der Waals surface area (Å²) in [5, 5.41) is 3.26. The van der Waals surface area contributed by atoms with E-state index in [9.17, 15) is 9.59 Å². The topological polar surface area (TPSA) is 55.4 Å². The summed E-state index contributed by atoms with van der Waals surface area (Å²) in [6.07, 6.45) is 5.12. The van der Waals surface area contributed by atoms with Crippen molar-refractivity contribution in [2.24, 2.45) is 0 Å². The van der Waals surface area contributed by atoms with Gasteiger partial charge in [0.1, 0.15) is 10.3 Å². The number of esters is 1. The molecule has 1 N–H and O–H groups in total. The number of rotatable bonds is 6. The zero-order chi connectivity index (χ0) is 21.6. The summed E-state index contributed by atoms with van der Waals surface area (Å²) in [7, 11) is 1.40. The first kappa shape index (κ1) is 21.7. The molecule has 1 amide bonds. The van der Waals surface area contributed by atoms with Gasteiger partial charge in [0.25, 0.3) is 0 Å². The molecule has 4 nitrogen and oxygen atoms in total. The lowest BCUT2D eigenvalue weighted by molar-refractivity contribution is -0.115. The van der Waals surface area contributed by atoms with E-state index in [0.717, 1.165) is 48.1 Å². The van der Waals surface area contributed by atoms with Gasteiger partial charge < -0.3 is 10.1 Å². The van der Waals surface area contributed by atoms with Crippen molar-refractivity contribution >= 4 is 40.0 Å². The van der Waals surface area contributed by atoms with Crippen LogP contribution in [0.3, 0.4) is 0 Å². The van der Waals surface area contributed by atoms with Crippen molar-refractivity contribution in [1.29, 1.82) is 0 Å². The molecule has 0 fully saturated rings. The molecule has 1 atom stereocenters. The van der Waals surface area contributed by atoms with Gasteiger partial charge in [-0.15, -0.1) is 23.1 Å². The van der Waals surface area contributed by atoms with Gasteiger partial charge >= 0.3 is 5.97 Å². The van der Waals surface area contributed by atoms with E-state index < -0.39 is 5.25 Å². The van der Waals surface area contributed by atoms with Crippen LogP contribution < -0.4 is 5.32 Å². The number of benzene rings is 2. The lowest BCUT2D eigenvalue weighted by atomic mass is 10.1. The number of thioether (sulfide) groups is 1. The first-order chi connectivity index (χ1) is 15.2. The van der Waals surface area contributed by atoms with Crippen molar-refractivity contribution in [3.63, 3.8) is 0 Å². The molecule has 0 spiro atoms. The van der Waals surface area contributed by atoms with Crippen LogP contribution >= 0.6 is 23.1 Å². The number of hydrogen-bond acceptors (Lipinski definition) is 5. The normalized spacial score (nSPS) is 14.2. The van der Waals surface area contributed by atoms with Crippen molar-refractivity contribution in [1.82, 2.24) is 0 Å². The molecule has 1 aromatic heterocycles. The van der Waals surface area contributed by atoms with Crippen LogP contribution in [0, 0.1) is 0 Å². The SMILES string of the molecule is COC(=O)c1c(NC(=O)[C@H](Sc2ccccc2)c2ccccc2)sc2c1CCCCC2. The average molecular weight is 452 g/mol. The Labute approximate surface area is 191 Å². The van der Waals surface area contributed by atoms with Crippen LogP contribution in [0.2, 0.25) is 0 Å². The third-order valence-corrected chi connectivity index (χ3v) is 7.86. The molecule has 3 aromatic rings. The standard InChI is InChI=1S/C25H25NO3S2/c1-29-25(28)21-19-15-9-4-10-16-20(19)31-24(21)26-23(27)22(17-11-5-2-6-12-17)30-18-13-7-3-8-14-18/h2-3,5-8,11-14,22H,4,9-10,15-16H2,1H3,(H,26,27)/t22-/m1/s1. The van der Waals surface area contributed by atoms with E-state index >= 15 is 0 Å². The Balaban J connectivity index is 1.66. The molecule has 1 aliphatic carbocycles. The monoisotopic (exact) mass is 451 g/mol. The minimum absolute atomic E-state index is 0.137. The van der Waals surface area contributed by atoms with Gasteiger partial charge in [-0.25, -0.2) is 4.79 Å². The summed E-state index contributed by atoms with van der Waals surface area (Å²) in [5.41, 5.74) is 2.51. The first-order valence-electron chi connectivity index (χ1n) is 10.5. The van der Waals surface area contributed by atoms with E-state index in [-0.39, 0.29) is 11.9 Å². The number of fused-ring (bicyclic) bond motifs is 1.